The van der Waals surface area contributed by atoms with Gasteiger partial charge in [-0.2, -0.15) is 5.43 Å². The lowest BCUT2D eigenvalue weighted by Gasteiger charge is -2.28. The Kier molecular flexibility index (Phi) is 25.5. The second-order valence-corrected chi connectivity index (χ2v) is 19.1. The molecule has 3 rings (SSSR count). The van der Waals surface area contributed by atoms with Crippen molar-refractivity contribution in [3.8, 4) is 5.75 Å². The highest BCUT2D eigenvalue weighted by molar-refractivity contribution is 6.41. The molecule has 1 heterocycles. The zero-order chi connectivity index (χ0) is 59.3. The summed E-state index contributed by atoms with van der Waals surface area (Å²) >= 11 is 0. The first-order valence-corrected chi connectivity index (χ1v) is 24.6. The van der Waals surface area contributed by atoms with Crippen molar-refractivity contribution in [2.45, 2.75) is 121 Å². The van der Waals surface area contributed by atoms with Gasteiger partial charge >= 0.3 is 11.9 Å². The predicted octanol–water partition coefficient (Wildman–Crippen LogP) is -5.72. The second kappa shape index (κ2) is 31.1. The summed E-state index contributed by atoms with van der Waals surface area (Å²) in [6, 6.07) is -3.92. The van der Waals surface area contributed by atoms with Crippen molar-refractivity contribution >= 4 is 76.7 Å². The molecule has 432 valence electrons. The fraction of sp³-hybridized carbons (Fsp3) is 0.490. The predicted molar refractivity (Wildman–Crippen MR) is 270 cm³/mol. The van der Waals surface area contributed by atoms with Crippen LogP contribution < -0.4 is 53.7 Å². The number of carboxylic acid groups (broad SMARTS) is 2. The van der Waals surface area contributed by atoms with Gasteiger partial charge in [-0.1, -0.05) is 70.2 Å². The fourth-order valence-corrected chi connectivity index (χ4v) is 7.70. The molecule has 9 atom stereocenters. The number of carboxylic acids is 2. The number of ketones is 2. The molecule has 17 N–H and O–H groups in total. The van der Waals surface area contributed by atoms with Crippen LogP contribution in [0.3, 0.4) is 0 Å². The Bertz CT molecular complexity index is 2550. The number of carbonyl (C=O) groups excluding carboxylic acids is 11. The minimum absolute atomic E-state index is 0.112. The van der Waals surface area contributed by atoms with Crippen LogP contribution in [0.4, 0.5) is 0 Å². The van der Waals surface area contributed by atoms with Crippen molar-refractivity contribution in [2.24, 2.45) is 17.6 Å². The van der Waals surface area contributed by atoms with Crippen molar-refractivity contribution in [1.29, 1.82) is 0 Å². The molecule has 4 unspecified atom stereocenters. The summed E-state index contributed by atoms with van der Waals surface area (Å²) in [6.45, 7) is 2.74. The topological polar surface area (TPSA) is 481 Å². The molecule has 0 spiro atoms. The number of aliphatic carboxylic acids is 2. The molecular formula is C49H67N11O19. The number of primary amides is 1. The van der Waals surface area contributed by atoms with Crippen LogP contribution in [0.25, 0.3) is 0 Å². The zero-order valence-electron chi connectivity index (χ0n) is 43.4. The number of benzene rings is 2. The van der Waals surface area contributed by atoms with Gasteiger partial charge in [0.15, 0.2) is 0 Å². The van der Waals surface area contributed by atoms with Crippen molar-refractivity contribution in [1.82, 2.24) is 53.1 Å². The second-order valence-electron chi connectivity index (χ2n) is 19.1. The Hall–Kier alpha value is -8.45. The fourth-order valence-electron chi connectivity index (χ4n) is 7.70. The van der Waals surface area contributed by atoms with Crippen LogP contribution in [0, 0.1) is 11.8 Å². The summed E-state index contributed by atoms with van der Waals surface area (Å²) in [5, 5.41) is 78.2. The number of hydrogen-bond acceptors (Lipinski definition) is 19. The van der Waals surface area contributed by atoms with Crippen LogP contribution in [-0.4, -0.2) is 187 Å². The number of aliphatic hydroxyl groups is 2. The summed E-state index contributed by atoms with van der Waals surface area (Å²) in [7, 11) is 0. The monoisotopic (exact) mass is 1110 g/mol. The van der Waals surface area contributed by atoms with Gasteiger partial charge in [0.2, 0.25) is 58.8 Å². The Labute approximate surface area is 451 Å². The van der Waals surface area contributed by atoms with Crippen molar-refractivity contribution < 1.29 is 93.1 Å². The van der Waals surface area contributed by atoms with Gasteiger partial charge in [-0.15, -0.1) is 5.17 Å². The minimum Gasteiger partial charge on any atom is -0.508 e. The molecule has 0 bridgehead atoms. The van der Waals surface area contributed by atoms with Gasteiger partial charge in [0.1, 0.15) is 48.0 Å². The summed E-state index contributed by atoms with van der Waals surface area (Å²) in [5.74, 6) is -19.2. The molecule has 2 aromatic carbocycles. The van der Waals surface area contributed by atoms with E-state index in [0.29, 0.717) is 11.1 Å². The largest absolute Gasteiger partial charge is 0.508 e. The van der Waals surface area contributed by atoms with Crippen molar-refractivity contribution in [3.63, 3.8) is 0 Å². The SMILES string of the molecule is CC(C)C[C@H]1NCC(=O)N(O)NC(Cc2ccc(O)cc2)C(=O)N[C@@H](Cc2ccccc2)C(=O)NC(CC(=O)O)C(=O)N[C@@H](CC(=O)O)C(=O)NC(CO)C(=O)N[C@@H](CO)C(=O)NC(CC(N)=O)C(=O)N[C@@H](C(C)C)C(=O)C1=O. The van der Waals surface area contributed by atoms with Crippen LogP contribution in [0.2, 0.25) is 0 Å². The average Bonchev–Trinajstić information content (AvgIpc) is 3.38. The number of aromatic hydroxyl groups is 1. The standard InChI is InChI=1S/C49H67N11O19/c1-23(2)14-28-41(70)42(71)40(24(3)4)58-46(75)30(17-36(50)64)53-48(77)34(21-61)57-49(78)35(22-62)56-45(74)32(19-39(68)69)55-44(73)31(18-38(66)67)54-43(72)29(15-25-8-6-5-7-9-25)52-47(76)33(59-60(79)37(65)20-51-28)16-26-10-12-27(63)13-11-26/h5-13,23-24,28-35,40,51,59,61-63,79H,14-22H2,1-4H3,(H2,50,64)(H,52,76)(H,53,77)(H,54,72)(H,55,73)(H,56,74)(H,57,78)(H,58,75)(H,66,67)(H,68,69)/t28-,29+,30?,31?,32+,33?,34+,35?,40+/m1/s1. The van der Waals surface area contributed by atoms with Gasteiger partial charge in [0.05, 0.1) is 51.1 Å². The summed E-state index contributed by atoms with van der Waals surface area (Å²) < 4.78 is 0. The van der Waals surface area contributed by atoms with E-state index in [1.165, 1.54) is 50.2 Å². The smallest absolute Gasteiger partial charge is 0.305 e. The molecule has 1 aliphatic rings. The van der Waals surface area contributed by atoms with Crippen molar-refractivity contribution in [3.05, 3.63) is 65.7 Å². The number of nitrogens with two attached hydrogens (primary N) is 1. The number of hydrogen-bond donors (Lipinski definition) is 16. The van der Waals surface area contributed by atoms with Gasteiger partial charge < -0.3 is 68.5 Å². The first-order chi connectivity index (χ1) is 37.1. The third-order valence-electron chi connectivity index (χ3n) is 11.8. The highest BCUT2D eigenvalue weighted by Gasteiger charge is 2.39. The molecular weight excluding hydrogens is 1050 g/mol. The van der Waals surface area contributed by atoms with Crippen LogP contribution in [-0.2, 0) is 75.2 Å². The first-order valence-electron chi connectivity index (χ1n) is 24.6. The van der Waals surface area contributed by atoms with E-state index in [-0.39, 0.29) is 29.7 Å². The van der Waals surface area contributed by atoms with Crippen LogP contribution in [0.5, 0.6) is 5.75 Å². The molecule has 0 saturated carbocycles. The molecule has 30 heteroatoms. The maximum absolute atomic E-state index is 14.3. The molecule has 9 amide bonds. The van der Waals surface area contributed by atoms with E-state index in [1.807, 2.05) is 16.0 Å². The maximum atomic E-state index is 14.3. The lowest BCUT2D eigenvalue weighted by Crippen LogP contribution is -2.62. The van der Waals surface area contributed by atoms with Gasteiger partial charge in [-0.05, 0) is 47.9 Å². The number of rotatable bonds is 15. The van der Waals surface area contributed by atoms with Gasteiger partial charge in [0, 0.05) is 6.42 Å². The Morgan fingerprint density at radius 1 is 0.544 bits per heavy atom. The normalized spacial score (nSPS) is 24.5. The number of aliphatic hydroxyl groups excluding tert-OH is 2. The number of carbonyl (C=O) groups is 13. The maximum Gasteiger partial charge on any atom is 0.305 e. The molecule has 30 nitrogen and oxygen atoms in total. The minimum atomic E-state index is -2.20. The lowest BCUT2D eigenvalue weighted by molar-refractivity contribution is -0.183. The van der Waals surface area contributed by atoms with E-state index in [1.54, 1.807) is 32.0 Å². The number of Topliss-reactive ketones (excluding diaryl/α,β-unsaturated/α-hetero) is 2. The van der Waals surface area contributed by atoms with Crippen LogP contribution in [0.1, 0.15) is 64.5 Å². The van der Waals surface area contributed by atoms with E-state index in [2.05, 4.69) is 32.0 Å². The third-order valence-corrected chi connectivity index (χ3v) is 11.8. The number of nitrogens with zero attached hydrogens (tertiary/aromatic N) is 1. The third kappa shape index (κ3) is 21.1. The average molecular weight is 1110 g/mol. The van der Waals surface area contributed by atoms with E-state index < -0.39 is 182 Å². The Morgan fingerprint density at radius 3 is 1.41 bits per heavy atom. The summed E-state index contributed by atoms with van der Waals surface area (Å²) in [4.78, 5) is 174. The van der Waals surface area contributed by atoms with Gasteiger partial charge in [0.25, 0.3) is 5.91 Å². The van der Waals surface area contributed by atoms with Crippen molar-refractivity contribution in [2.75, 3.05) is 19.8 Å². The number of phenolic OH excluding ortho intramolecular Hbond substituents is 1. The van der Waals surface area contributed by atoms with Gasteiger partial charge in [-0.3, -0.25) is 72.9 Å². The molecule has 1 fully saturated rings. The van der Waals surface area contributed by atoms with Crippen LogP contribution in [0.15, 0.2) is 54.6 Å². The summed E-state index contributed by atoms with van der Waals surface area (Å²) in [6.07, 6.45) is -4.33. The van der Waals surface area contributed by atoms with E-state index in [0.717, 1.165) is 0 Å². The molecule has 2 aromatic rings. The zero-order valence-corrected chi connectivity index (χ0v) is 43.4. The molecule has 1 aliphatic heterocycles. The van der Waals surface area contributed by atoms with E-state index in [9.17, 15) is 93.1 Å². The highest BCUT2D eigenvalue weighted by Crippen LogP contribution is 2.15. The highest BCUT2D eigenvalue weighted by atomic mass is 16.6. The van der Waals surface area contributed by atoms with E-state index >= 15 is 0 Å². The molecule has 1 saturated heterocycles. The van der Waals surface area contributed by atoms with Crippen LogP contribution >= 0.6 is 0 Å². The number of amides is 9. The molecule has 0 aromatic heterocycles. The molecule has 79 heavy (non-hydrogen) atoms. The van der Waals surface area contributed by atoms with Gasteiger partial charge in [-0.25, -0.2) is 0 Å². The summed E-state index contributed by atoms with van der Waals surface area (Å²) in [5.41, 5.74) is 8.35. The molecule has 0 aliphatic carbocycles. The Balaban J connectivity index is 2.21. The number of phenols is 1. The number of nitrogens with one attached hydrogen (secondary N) is 9. The van der Waals surface area contributed by atoms with E-state index in [4.69, 9.17) is 5.73 Å². The molecule has 0 radical (unpaired) electrons. The number of hydroxylamine groups is 1. The number of hydrazine groups is 1. The quantitative estimate of drug-likeness (QED) is 0.0584. The lowest BCUT2D eigenvalue weighted by atomic mass is 9.90. The first kappa shape index (κ1) is 64.8. The Morgan fingerprint density at radius 2 is 0.949 bits per heavy atom.